The van der Waals surface area contributed by atoms with Crippen LogP contribution in [0, 0.1) is 5.82 Å². The van der Waals surface area contributed by atoms with E-state index in [-0.39, 0.29) is 16.5 Å². The summed E-state index contributed by atoms with van der Waals surface area (Å²) in [5.74, 6) is -0.448. The van der Waals surface area contributed by atoms with Crippen LogP contribution in [0.5, 0.6) is 5.75 Å². The number of hydrogen-bond donors (Lipinski definition) is 1. The summed E-state index contributed by atoms with van der Waals surface area (Å²) in [4.78, 5) is 3.90. The first-order valence-corrected chi connectivity index (χ1v) is 4.65. The van der Waals surface area contributed by atoms with E-state index >= 15 is 0 Å². The second-order valence-electron chi connectivity index (χ2n) is 3.00. The van der Waals surface area contributed by atoms with Crippen molar-refractivity contribution in [1.29, 1.82) is 0 Å². The van der Waals surface area contributed by atoms with E-state index in [1.54, 1.807) is 6.07 Å². The monoisotopic (exact) mass is 223 g/mol. The number of rotatable bonds is 1. The zero-order valence-corrected chi connectivity index (χ0v) is 8.37. The maximum Gasteiger partial charge on any atom is 0.149 e. The van der Waals surface area contributed by atoms with Crippen molar-refractivity contribution < 1.29 is 9.50 Å². The molecule has 0 spiro atoms. The fourth-order valence-corrected chi connectivity index (χ4v) is 1.43. The van der Waals surface area contributed by atoms with E-state index < -0.39 is 5.82 Å². The minimum atomic E-state index is -0.417. The van der Waals surface area contributed by atoms with Crippen LogP contribution in [0.25, 0.3) is 11.3 Å². The van der Waals surface area contributed by atoms with Crippen molar-refractivity contribution in [1.82, 2.24) is 4.98 Å². The molecule has 0 aliphatic heterocycles. The molecule has 0 atom stereocenters. The number of phenolic OH excluding ortho intramolecular Hbond substituents is 1. The van der Waals surface area contributed by atoms with Crippen LogP contribution < -0.4 is 0 Å². The van der Waals surface area contributed by atoms with Gasteiger partial charge in [0.25, 0.3) is 0 Å². The van der Waals surface area contributed by atoms with E-state index in [4.69, 9.17) is 11.6 Å². The van der Waals surface area contributed by atoms with Crippen molar-refractivity contribution in [3.05, 3.63) is 47.4 Å². The van der Waals surface area contributed by atoms with Crippen LogP contribution >= 0.6 is 11.6 Å². The summed E-state index contributed by atoms with van der Waals surface area (Å²) in [6, 6.07) is 7.28. The molecular weight excluding hydrogens is 217 g/mol. The predicted octanol–water partition coefficient (Wildman–Crippen LogP) is 3.25. The third-order valence-corrected chi connectivity index (χ3v) is 2.28. The molecule has 1 aromatic heterocycles. The number of halogens is 2. The summed E-state index contributed by atoms with van der Waals surface area (Å²) in [6.07, 6.45) is 1.50. The maximum atomic E-state index is 13.3. The molecule has 4 heteroatoms. The Labute approximate surface area is 91.0 Å². The van der Waals surface area contributed by atoms with Crippen LogP contribution in [0.4, 0.5) is 4.39 Å². The highest BCUT2D eigenvalue weighted by Crippen LogP contribution is 2.29. The van der Waals surface area contributed by atoms with Gasteiger partial charge in [0, 0.05) is 11.8 Å². The van der Waals surface area contributed by atoms with E-state index in [0.717, 1.165) is 0 Å². The van der Waals surface area contributed by atoms with Gasteiger partial charge in [0.1, 0.15) is 17.3 Å². The van der Waals surface area contributed by atoms with Gasteiger partial charge in [-0.1, -0.05) is 11.6 Å². The van der Waals surface area contributed by atoms with Gasteiger partial charge in [-0.05, 0) is 30.3 Å². The second-order valence-corrected chi connectivity index (χ2v) is 3.41. The first-order chi connectivity index (χ1) is 7.18. The van der Waals surface area contributed by atoms with Gasteiger partial charge in [-0.15, -0.1) is 0 Å². The summed E-state index contributed by atoms with van der Waals surface area (Å²) >= 11 is 5.72. The quantitative estimate of drug-likeness (QED) is 0.805. The molecule has 2 nitrogen and oxygen atoms in total. The van der Waals surface area contributed by atoms with E-state index in [1.807, 2.05) is 0 Å². The van der Waals surface area contributed by atoms with Gasteiger partial charge in [-0.3, -0.25) is 4.98 Å². The Morgan fingerprint density at radius 1 is 1.27 bits per heavy atom. The smallest absolute Gasteiger partial charge is 0.149 e. The second kappa shape index (κ2) is 3.87. The van der Waals surface area contributed by atoms with Gasteiger partial charge in [-0.2, -0.15) is 0 Å². The average Bonchev–Trinajstić information content (AvgIpc) is 2.23. The lowest BCUT2D eigenvalue weighted by Gasteiger charge is -2.03. The number of hydrogen-bond acceptors (Lipinski definition) is 2. The summed E-state index contributed by atoms with van der Waals surface area (Å²) < 4.78 is 13.3. The lowest BCUT2D eigenvalue weighted by molar-refractivity contribution is 0.475. The Balaban J connectivity index is 2.55. The number of aromatic nitrogens is 1. The van der Waals surface area contributed by atoms with Crippen molar-refractivity contribution in [2.45, 2.75) is 0 Å². The van der Waals surface area contributed by atoms with Gasteiger partial charge in [0.2, 0.25) is 0 Å². The zero-order valence-electron chi connectivity index (χ0n) is 7.61. The fraction of sp³-hybridized carbons (Fsp3) is 0. The minimum absolute atomic E-state index is 0.0308. The Morgan fingerprint density at radius 2 is 2.07 bits per heavy atom. The molecule has 0 saturated heterocycles. The zero-order chi connectivity index (χ0) is 10.8. The van der Waals surface area contributed by atoms with Crippen molar-refractivity contribution in [3.63, 3.8) is 0 Å². The Morgan fingerprint density at radius 3 is 2.73 bits per heavy atom. The molecule has 0 aliphatic rings. The Hall–Kier alpha value is -1.61. The molecule has 1 heterocycles. The highest BCUT2D eigenvalue weighted by molar-refractivity contribution is 6.32. The van der Waals surface area contributed by atoms with Crippen LogP contribution in [0.2, 0.25) is 5.02 Å². The molecule has 2 rings (SSSR count). The van der Waals surface area contributed by atoms with Gasteiger partial charge >= 0.3 is 0 Å². The lowest BCUT2D eigenvalue weighted by atomic mass is 10.1. The van der Waals surface area contributed by atoms with Crippen LogP contribution in [0.1, 0.15) is 0 Å². The number of aromatic hydroxyl groups is 1. The molecule has 0 aliphatic carbocycles. The third kappa shape index (κ3) is 1.92. The van der Waals surface area contributed by atoms with Crippen LogP contribution in [0.15, 0.2) is 36.5 Å². The Kier molecular flexibility index (Phi) is 2.56. The van der Waals surface area contributed by atoms with E-state index in [2.05, 4.69) is 4.98 Å². The highest BCUT2D eigenvalue weighted by Gasteiger charge is 2.07. The van der Waals surface area contributed by atoms with Gasteiger partial charge in [0.15, 0.2) is 0 Å². The summed E-state index contributed by atoms with van der Waals surface area (Å²) in [5, 5.41) is 9.39. The van der Waals surface area contributed by atoms with Crippen molar-refractivity contribution in [3.8, 4) is 17.0 Å². The van der Waals surface area contributed by atoms with Gasteiger partial charge in [-0.25, -0.2) is 4.39 Å². The summed E-state index contributed by atoms with van der Waals surface area (Å²) in [6.45, 7) is 0. The largest absolute Gasteiger partial charge is 0.506 e. The Bertz CT molecular complexity index is 502. The average molecular weight is 224 g/mol. The molecule has 2 aromatic rings. The number of phenols is 1. The van der Waals surface area contributed by atoms with Gasteiger partial charge < -0.3 is 5.11 Å². The molecule has 0 amide bonds. The number of nitrogens with zero attached hydrogens (tertiary/aromatic N) is 1. The molecule has 0 radical (unpaired) electrons. The normalized spacial score (nSPS) is 10.3. The van der Waals surface area contributed by atoms with Crippen LogP contribution in [-0.4, -0.2) is 10.1 Å². The summed E-state index contributed by atoms with van der Waals surface area (Å²) in [7, 11) is 0. The van der Waals surface area contributed by atoms with E-state index in [0.29, 0.717) is 5.56 Å². The SMILES string of the molecule is Oc1ccc(-c2ncccc2F)cc1Cl. The molecule has 0 unspecified atom stereocenters. The number of pyridine rings is 1. The molecule has 1 aromatic carbocycles. The first-order valence-electron chi connectivity index (χ1n) is 4.28. The van der Waals surface area contributed by atoms with E-state index in [9.17, 15) is 9.50 Å². The highest BCUT2D eigenvalue weighted by atomic mass is 35.5. The molecular formula is C11H7ClFNO. The molecule has 15 heavy (non-hydrogen) atoms. The fourth-order valence-electron chi connectivity index (χ4n) is 1.25. The minimum Gasteiger partial charge on any atom is -0.506 e. The topological polar surface area (TPSA) is 33.1 Å². The maximum absolute atomic E-state index is 13.3. The van der Waals surface area contributed by atoms with Crippen molar-refractivity contribution >= 4 is 11.6 Å². The number of benzene rings is 1. The summed E-state index contributed by atoms with van der Waals surface area (Å²) in [5.41, 5.74) is 0.760. The predicted molar refractivity (Wildman–Crippen MR) is 56.3 cm³/mol. The van der Waals surface area contributed by atoms with Crippen LogP contribution in [0.3, 0.4) is 0 Å². The van der Waals surface area contributed by atoms with E-state index in [1.165, 1.54) is 30.5 Å². The lowest BCUT2D eigenvalue weighted by Crippen LogP contribution is -1.87. The van der Waals surface area contributed by atoms with Gasteiger partial charge in [0.05, 0.1) is 5.02 Å². The molecule has 0 saturated carbocycles. The van der Waals surface area contributed by atoms with Crippen LogP contribution in [-0.2, 0) is 0 Å². The van der Waals surface area contributed by atoms with Crippen molar-refractivity contribution in [2.75, 3.05) is 0 Å². The molecule has 0 bridgehead atoms. The molecule has 1 N–H and O–H groups in total. The first kappa shape index (κ1) is 9.93. The van der Waals surface area contributed by atoms with Crippen molar-refractivity contribution in [2.24, 2.45) is 0 Å². The standard InChI is InChI=1S/C11H7ClFNO/c12-8-6-7(3-4-10(8)15)11-9(13)2-1-5-14-11/h1-6,15H. The molecule has 0 fully saturated rings. The third-order valence-electron chi connectivity index (χ3n) is 1.98. The molecule has 76 valence electrons.